The maximum atomic E-state index is 2.65. The maximum Gasteiger partial charge on any atom is -0.0233 e. The smallest absolute Gasteiger partial charge is 0.0233 e. The highest BCUT2D eigenvalue weighted by atomic mass is 14.8. The third-order valence-electron chi connectivity index (χ3n) is 6.32. The van der Waals surface area contributed by atoms with Gasteiger partial charge < -0.3 is 0 Å². The van der Waals surface area contributed by atoms with Crippen LogP contribution in [-0.2, 0) is 0 Å². The molecule has 0 aromatic heterocycles. The molecule has 0 aromatic carbocycles. The summed E-state index contributed by atoms with van der Waals surface area (Å²) in [7, 11) is 0. The highest BCUT2D eigenvalue weighted by Gasteiger charge is 2.72. The maximum absolute atomic E-state index is 2.65. The molecule has 7 atom stereocenters. The number of fused-ring (bicyclic) bond motifs is 5. The highest BCUT2D eigenvalue weighted by Crippen LogP contribution is 2.78. The van der Waals surface area contributed by atoms with Crippen LogP contribution >= 0.6 is 0 Å². The predicted molar refractivity (Wildman–Crippen MR) is 53.2 cm³/mol. The molecular weight excluding hydrogens is 156 g/mol. The average Bonchev–Trinajstić information content (AvgIpc) is 2.94. The molecule has 0 radical (unpaired) electrons. The molecule has 0 aliphatic heterocycles. The van der Waals surface area contributed by atoms with E-state index in [1.165, 1.54) is 11.8 Å². The second-order valence-corrected chi connectivity index (χ2v) is 6.53. The molecule has 7 unspecified atom stereocenters. The Kier molecular flexibility index (Phi) is 1.04. The zero-order chi connectivity index (χ0) is 8.79. The van der Waals surface area contributed by atoms with Gasteiger partial charge in [0.15, 0.2) is 0 Å². The molecule has 4 saturated carbocycles. The van der Waals surface area contributed by atoms with Crippen LogP contribution in [-0.4, -0.2) is 0 Å². The van der Waals surface area contributed by atoms with Crippen molar-refractivity contribution in [1.29, 1.82) is 0 Å². The summed E-state index contributed by atoms with van der Waals surface area (Å²) in [6, 6.07) is 0. The Morgan fingerprint density at radius 3 is 2.85 bits per heavy atom. The van der Waals surface area contributed by atoms with E-state index < -0.39 is 0 Å². The zero-order valence-corrected chi connectivity index (χ0v) is 8.79. The topological polar surface area (TPSA) is 0 Å². The van der Waals surface area contributed by atoms with Crippen molar-refractivity contribution in [2.75, 3.05) is 0 Å². The second-order valence-electron chi connectivity index (χ2n) is 6.53. The van der Waals surface area contributed by atoms with Crippen LogP contribution in [0, 0.1) is 40.9 Å². The summed E-state index contributed by atoms with van der Waals surface area (Å²) in [6.07, 6.45) is 6.37. The van der Waals surface area contributed by atoms with Crippen molar-refractivity contribution in [3.05, 3.63) is 0 Å². The van der Waals surface area contributed by atoms with Gasteiger partial charge in [-0.15, -0.1) is 0 Å². The van der Waals surface area contributed by atoms with Gasteiger partial charge in [0, 0.05) is 0 Å². The van der Waals surface area contributed by atoms with Crippen molar-refractivity contribution in [2.24, 2.45) is 40.9 Å². The van der Waals surface area contributed by atoms with Crippen molar-refractivity contribution < 1.29 is 0 Å². The van der Waals surface area contributed by atoms with Crippen LogP contribution in [0.15, 0.2) is 0 Å². The van der Waals surface area contributed by atoms with Crippen molar-refractivity contribution in [3.8, 4) is 0 Å². The summed E-state index contributed by atoms with van der Waals surface area (Å²) in [5, 5.41) is 0. The molecule has 4 rings (SSSR count). The van der Waals surface area contributed by atoms with Gasteiger partial charge in [0.25, 0.3) is 0 Å². The van der Waals surface area contributed by atoms with E-state index in [1.807, 2.05) is 0 Å². The number of rotatable bonds is 0. The molecule has 0 heteroatoms. The Bertz CT molecular complexity index is 265. The minimum Gasteiger partial charge on any atom is -0.0619 e. The first-order chi connectivity index (χ1) is 6.23. The third-order valence-corrected chi connectivity index (χ3v) is 6.32. The van der Waals surface area contributed by atoms with E-state index >= 15 is 0 Å². The lowest BCUT2D eigenvalue weighted by Gasteiger charge is -2.39. The molecular formula is C13H20. The number of hydrogen-bond acceptors (Lipinski definition) is 0. The fraction of sp³-hybridized carbons (Fsp3) is 1.00. The molecule has 13 heavy (non-hydrogen) atoms. The molecule has 0 bridgehead atoms. The molecule has 0 N–H and O–H groups in total. The van der Waals surface area contributed by atoms with Crippen molar-refractivity contribution >= 4 is 0 Å². The first kappa shape index (κ1) is 7.31. The first-order valence-corrected chi connectivity index (χ1v) is 6.23. The van der Waals surface area contributed by atoms with Gasteiger partial charge in [-0.1, -0.05) is 13.8 Å². The summed E-state index contributed by atoms with van der Waals surface area (Å²) < 4.78 is 0. The van der Waals surface area contributed by atoms with E-state index in [0.717, 1.165) is 29.1 Å². The highest BCUT2D eigenvalue weighted by molar-refractivity contribution is 5.20. The molecule has 4 aliphatic carbocycles. The van der Waals surface area contributed by atoms with Gasteiger partial charge in [0.05, 0.1) is 0 Å². The largest absolute Gasteiger partial charge is 0.0619 e. The molecule has 4 aliphatic rings. The van der Waals surface area contributed by atoms with Crippen LogP contribution in [0.1, 0.15) is 39.5 Å². The molecule has 0 nitrogen and oxygen atoms in total. The van der Waals surface area contributed by atoms with E-state index in [2.05, 4.69) is 13.8 Å². The molecule has 0 saturated heterocycles. The monoisotopic (exact) mass is 176 g/mol. The summed E-state index contributed by atoms with van der Waals surface area (Å²) in [4.78, 5) is 0. The Labute approximate surface area is 81.1 Å². The minimum atomic E-state index is 0.826. The molecule has 0 aromatic rings. The Morgan fingerprint density at radius 1 is 1.15 bits per heavy atom. The fourth-order valence-electron chi connectivity index (χ4n) is 5.51. The summed E-state index contributed by atoms with van der Waals surface area (Å²) in [5.74, 6) is 6.91. The summed E-state index contributed by atoms with van der Waals surface area (Å²) >= 11 is 0. The quantitative estimate of drug-likeness (QED) is 0.531. The average molecular weight is 176 g/mol. The van der Waals surface area contributed by atoms with Crippen molar-refractivity contribution in [3.63, 3.8) is 0 Å². The molecule has 72 valence electrons. The van der Waals surface area contributed by atoms with Crippen molar-refractivity contribution in [1.82, 2.24) is 0 Å². The van der Waals surface area contributed by atoms with Crippen LogP contribution in [0.3, 0.4) is 0 Å². The van der Waals surface area contributed by atoms with E-state index in [-0.39, 0.29) is 0 Å². The van der Waals surface area contributed by atoms with Crippen LogP contribution in [0.5, 0.6) is 0 Å². The van der Waals surface area contributed by atoms with E-state index in [1.54, 1.807) is 25.7 Å². The first-order valence-electron chi connectivity index (χ1n) is 6.23. The normalized spacial score (nSPS) is 72.5. The fourth-order valence-corrected chi connectivity index (χ4v) is 5.51. The van der Waals surface area contributed by atoms with Gasteiger partial charge >= 0.3 is 0 Å². The lowest BCUT2D eigenvalue weighted by atomic mass is 9.65. The van der Waals surface area contributed by atoms with Crippen LogP contribution in [0.4, 0.5) is 0 Å². The van der Waals surface area contributed by atoms with Crippen LogP contribution in [0.25, 0.3) is 0 Å². The molecule has 0 heterocycles. The van der Waals surface area contributed by atoms with Crippen molar-refractivity contribution in [2.45, 2.75) is 39.5 Å². The van der Waals surface area contributed by atoms with Gasteiger partial charge in [-0.05, 0) is 66.6 Å². The van der Waals surface area contributed by atoms with E-state index in [4.69, 9.17) is 0 Å². The molecule has 0 amide bonds. The molecule has 0 spiro atoms. The third kappa shape index (κ3) is 0.649. The number of hydrogen-bond donors (Lipinski definition) is 0. The Balaban J connectivity index is 1.75. The summed E-state index contributed by atoms with van der Waals surface area (Å²) in [6.45, 7) is 5.15. The minimum absolute atomic E-state index is 0.826. The van der Waals surface area contributed by atoms with Gasteiger partial charge in [-0.25, -0.2) is 0 Å². The predicted octanol–water partition coefficient (Wildman–Crippen LogP) is 3.32. The van der Waals surface area contributed by atoms with Crippen LogP contribution < -0.4 is 0 Å². The lowest BCUT2D eigenvalue weighted by Crippen LogP contribution is -2.33. The van der Waals surface area contributed by atoms with Gasteiger partial charge in [-0.2, -0.15) is 0 Å². The van der Waals surface area contributed by atoms with Gasteiger partial charge in [0.1, 0.15) is 0 Å². The van der Waals surface area contributed by atoms with E-state index in [9.17, 15) is 0 Å². The van der Waals surface area contributed by atoms with E-state index in [0.29, 0.717) is 0 Å². The summed E-state index contributed by atoms with van der Waals surface area (Å²) in [5.41, 5.74) is 0.826. The molecule has 4 fully saturated rings. The standard InChI is InChI=1S/C13H20/c1-7-10-6-9-4-3-8-5-11(8)13(9,2)12(7)10/h7-12H,3-6H2,1-2H3. The Morgan fingerprint density at radius 2 is 2.00 bits per heavy atom. The van der Waals surface area contributed by atoms with Gasteiger partial charge in [0.2, 0.25) is 0 Å². The second kappa shape index (κ2) is 1.85. The zero-order valence-electron chi connectivity index (χ0n) is 8.79. The van der Waals surface area contributed by atoms with Gasteiger partial charge in [-0.3, -0.25) is 0 Å². The lowest BCUT2D eigenvalue weighted by molar-refractivity contribution is 0.0897. The van der Waals surface area contributed by atoms with Crippen LogP contribution in [0.2, 0.25) is 0 Å². The SMILES string of the molecule is CC1C2CC3CCC4CC4C3(C)C12. The Hall–Kier alpha value is 0.